The Labute approximate surface area is 100 Å². The first-order valence-corrected chi connectivity index (χ1v) is 5.91. The molecule has 0 bridgehead atoms. The fourth-order valence-corrected chi connectivity index (χ4v) is 2.19. The molecule has 1 aliphatic rings. The third-order valence-corrected chi connectivity index (χ3v) is 3.23. The van der Waals surface area contributed by atoms with E-state index < -0.39 is 0 Å². The van der Waals surface area contributed by atoms with E-state index in [0.717, 1.165) is 25.7 Å². The number of rotatable bonds is 2. The molecule has 1 aromatic carbocycles. The molecule has 0 atom stereocenters. The molecule has 0 aliphatic heterocycles. The van der Waals surface area contributed by atoms with E-state index in [9.17, 15) is 4.39 Å². The molecular formula is C13H16FN3. The summed E-state index contributed by atoms with van der Waals surface area (Å²) in [5.74, 6) is -0.362. The van der Waals surface area contributed by atoms with Crippen molar-refractivity contribution in [3.63, 3.8) is 0 Å². The predicted molar refractivity (Wildman–Crippen MR) is 65.0 cm³/mol. The maximum Gasteiger partial charge on any atom is 0.147 e. The van der Waals surface area contributed by atoms with E-state index in [1.165, 1.54) is 6.07 Å². The molecule has 3 nitrogen and oxygen atoms in total. The lowest BCUT2D eigenvalue weighted by Gasteiger charge is -2.27. The van der Waals surface area contributed by atoms with Crippen molar-refractivity contribution < 1.29 is 4.39 Å². The number of anilines is 1. The van der Waals surface area contributed by atoms with E-state index in [1.807, 2.05) is 6.07 Å². The molecule has 1 aliphatic carbocycles. The van der Waals surface area contributed by atoms with Crippen LogP contribution in [-0.4, -0.2) is 12.1 Å². The molecule has 17 heavy (non-hydrogen) atoms. The Morgan fingerprint density at radius 3 is 2.59 bits per heavy atom. The third-order valence-electron chi connectivity index (χ3n) is 3.23. The number of benzene rings is 1. The molecule has 1 aromatic rings. The monoisotopic (exact) mass is 233 g/mol. The van der Waals surface area contributed by atoms with Gasteiger partial charge in [0, 0.05) is 12.1 Å². The Morgan fingerprint density at radius 1 is 1.29 bits per heavy atom. The van der Waals surface area contributed by atoms with Gasteiger partial charge in [0.05, 0.1) is 17.3 Å². The zero-order valence-corrected chi connectivity index (χ0v) is 9.62. The highest BCUT2D eigenvalue weighted by molar-refractivity contribution is 5.49. The molecule has 1 fully saturated rings. The van der Waals surface area contributed by atoms with Gasteiger partial charge in [0.2, 0.25) is 0 Å². The summed E-state index contributed by atoms with van der Waals surface area (Å²) >= 11 is 0. The van der Waals surface area contributed by atoms with Gasteiger partial charge in [-0.1, -0.05) is 0 Å². The first-order valence-electron chi connectivity index (χ1n) is 5.91. The highest BCUT2D eigenvalue weighted by Gasteiger charge is 2.19. The highest BCUT2D eigenvalue weighted by Crippen LogP contribution is 2.23. The predicted octanol–water partition coefficient (Wildman–Crippen LogP) is 2.38. The number of nitrogens with one attached hydrogen (secondary N) is 1. The van der Waals surface area contributed by atoms with Crippen LogP contribution in [0.1, 0.15) is 31.2 Å². The quantitative estimate of drug-likeness (QED) is 0.824. The lowest BCUT2D eigenvalue weighted by atomic mass is 9.91. The Kier molecular flexibility index (Phi) is 3.60. The fraction of sp³-hybridized carbons (Fsp3) is 0.462. The van der Waals surface area contributed by atoms with Gasteiger partial charge in [0.15, 0.2) is 0 Å². The summed E-state index contributed by atoms with van der Waals surface area (Å²) in [6, 6.07) is 7.01. The maximum absolute atomic E-state index is 13.6. The lowest BCUT2D eigenvalue weighted by Crippen LogP contribution is -2.33. The van der Waals surface area contributed by atoms with Crippen LogP contribution in [-0.2, 0) is 0 Å². The topological polar surface area (TPSA) is 61.8 Å². The molecule has 0 unspecified atom stereocenters. The van der Waals surface area contributed by atoms with E-state index in [1.54, 1.807) is 12.1 Å². The minimum atomic E-state index is -0.362. The van der Waals surface area contributed by atoms with Gasteiger partial charge >= 0.3 is 0 Å². The SMILES string of the molecule is N#Cc1ccc(NC2CCC(N)CC2)c(F)c1. The molecule has 0 radical (unpaired) electrons. The van der Waals surface area contributed by atoms with E-state index in [-0.39, 0.29) is 11.9 Å². The second-order valence-electron chi connectivity index (χ2n) is 4.56. The summed E-state index contributed by atoms with van der Waals surface area (Å²) in [5, 5.41) is 11.8. The molecule has 1 saturated carbocycles. The van der Waals surface area contributed by atoms with E-state index in [0.29, 0.717) is 17.3 Å². The summed E-state index contributed by atoms with van der Waals surface area (Å²) in [5.41, 5.74) is 6.64. The molecule has 0 aromatic heterocycles. The van der Waals surface area contributed by atoms with Crippen molar-refractivity contribution in [3.05, 3.63) is 29.6 Å². The standard InChI is InChI=1S/C13H16FN3/c14-12-7-9(8-15)1-6-13(12)17-11-4-2-10(16)3-5-11/h1,6-7,10-11,17H,2-5,16H2. The van der Waals surface area contributed by atoms with Gasteiger partial charge < -0.3 is 11.1 Å². The van der Waals surface area contributed by atoms with E-state index in [4.69, 9.17) is 11.0 Å². The van der Waals surface area contributed by atoms with Crippen molar-refractivity contribution in [1.29, 1.82) is 5.26 Å². The third kappa shape index (κ3) is 2.95. The molecule has 4 heteroatoms. The van der Waals surface area contributed by atoms with Crippen LogP contribution in [0.25, 0.3) is 0 Å². The van der Waals surface area contributed by atoms with Crippen LogP contribution in [0.2, 0.25) is 0 Å². The highest BCUT2D eigenvalue weighted by atomic mass is 19.1. The Bertz CT molecular complexity index is 431. The van der Waals surface area contributed by atoms with Gasteiger partial charge in [-0.15, -0.1) is 0 Å². The summed E-state index contributed by atoms with van der Waals surface area (Å²) < 4.78 is 13.6. The number of nitrogens with two attached hydrogens (primary N) is 1. The fourth-order valence-electron chi connectivity index (χ4n) is 2.19. The normalized spacial score (nSPS) is 24.1. The van der Waals surface area contributed by atoms with Gasteiger partial charge in [-0.25, -0.2) is 4.39 Å². The average molecular weight is 233 g/mol. The van der Waals surface area contributed by atoms with Crippen LogP contribution in [0.5, 0.6) is 0 Å². The zero-order chi connectivity index (χ0) is 12.3. The summed E-state index contributed by atoms with van der Waals surface area (Å²) in [6.07, 6.45) is 3.91. The Hall–Kier alpha value is -1.60. The number of nitrogens with zero attached hydrogens (tertiary/aromatic N) is 1. The molecule has 0 saturated heterocycles. The summed E-state index contributed by atoms with van der Waals surface area (Å²) in [6.45, 7) is 0. The van der Waals surface area contributed by atoms with Crippen LogP contribution in [0.15, 0.2) is 18.2 Å². The average Bonchev–Trinajstić information content (AvgIpc) is 2.34. The minimum Gasteiger partial charge on any atom is -0.380 e. The molecule has 2 rings (SSSR count). The van der Waals surface area contributed by atoms with Gasteiger partial charge in [-0.05, 0) is 43.9 Å². The van der Waals surface area contributed by atoms with Crippen molar-refractivity contribution in [2.24, 2.45) is 5.73 Å². The van der Waals surface area contributed by atoms with E-state index in [2.05, 4.69) is 5.32 Å². The van der Waals surface area contributed by atoms with Gasteiger partial charge in [-0.2, -0.15) is 5.26 Å². The van der Waals surface area contributed by atoms with Crippen molar-refractivity contribution >= 4 is 5.69 Å². The minimum absolute atomic E-state index is 0.289. The first kappa shape index (κ1) is 11.9. The second kappa shape index (κ2) is 5.15. The molecule has 0 spiro atoms. The zero-order valence-electron chi connectivity index (χ0n) is 9.62. The van der Waals surface area contributed by atoms with Crippen molar-refractivity contribution in [2.75, 3.05) is 5.32 Å². The summed E-state index contributed by atoms with van der Waals surface area (Å²) in [4.78, 5) is 0. The van der Waals surface area contributed by atoms with Crippen LogP contribution in [0.3, 0.4) is 0 Å². The maximum atomic E-state index is 13.6. The Balaban J connectivity index is 2.02. The van der Waals surface area contributed by atoms with Crippen LogP contribution in [0.4, 0.5) is 10.1 Å². The van der Waals surface area contributed by atoms with E-state index >= 15 is 0 Å². The van der Waals surface area contributed by atoms with Crippen molar-refractivity contribution in [3.8, 4) is 6.07 Å². The molecule has 3 N–H and O–H groups in total. The van der Waals surface area contributed by atoms with Gasteiger partial charge in [0.25, 0.3) is 0 Å². The number of hydrogen-bond acceptors (Lipinski definition) is 3. The molecule has 0 heterocycles. The van der Waals surface area contributed by atoms with Gasteiger partial charge in [0.1, 0.15) is 5.82 Å². The molecule has 90 valence electrons. The number of halogens is 1. The second-order valence-corrected chi connectivity index (χ2v) is 4.56. The van der Waals surface area contributed by atoms with Crippen LogP contribution < -0.4 is 11.1 Å². The van der Waals surface area contributed by atoms with Gasteiger partial charge in [-0.3, -0.25) is 0 Å². The molecular weight excluding hydrogens is 217 g/mol. The van der Waals surface area contributed by atoms with Crippen molar-refractivity contribution in [1.82, 2.24) is 0 Å². The lowest BCUT2D eigenvalue weighted by molar-refractivity contribution is 0.410. The van der Waals surface area contributed by atoms with Crippen LogP contribution in [0, 0.1) is 17.1 Å². The summed E-state index contributed by atoms with van der Waals surface area (Å²) in [7, 11) is 0. The smallest absolute Gasteiger partial charge is 0.147 e. The Morgan fingerprint density at radius 2 is 2.00 bits per heavy atom. The molecule has 0 amide bonds. The van der Waals surface area contributed by atoms with Crippen LogP contribution >= 0.6 is 0 Å². The largest absolute Gasteiger partial charge is 0.380 e. The number of nitriles is 1. The number of hydrogen-bond donors (Lipinski definition) is 2. The first-order chi connectivity index (χ1) is 8.19. The van der Waals surface area contributed by atoms with Crippen molar-refractivity contribution in [2.45, 2.75) is 37.8 Å².